The van der Waals surface area contributed by atoms with Crippen LogP contribution < -0.4 is 11.1 Å². The lowest BCUT2D eigenvalue weighted by atomic mass is 10.2. The maximum absolute atomic E-state index is 13.1. The van der Waals surface area contributed by atoms with Crippen molar-refractivity contribution in [3.63, 3.8) is 0 Å². The van der Waals surface area contributed by atoms with Crippen LogP contribution in [0.1, 0.15) is 10.4 Å². The Morgan fingerprint density at radius 1 is 1.11 bits per heavy atom. The van der Waals surface area contributed by atoms with E-state index in [1.54, 1.807) is 0 Å². The second-order valence-electron chi connectivity index (χ2n) is 3.81. The van der Waals surface area contributed by atoms with Crippen LogP contribution in [0.15, 0.2) is 36.4 Å². The van der Waals surface area contributed by atoms with Gasteiger partial charge in [-0.3, -0.25) is 4.79 Å². The van der Waals surface area contributed by atoms with Crippen molar-refractivity contribution in [2.45, 2.75) is 0 Å². The third kappa shape index (κ3) is 3.19. The summed E-state index contributed by atoms with van der Waals surface area (Å²) in [5.74, 6) is -1.40. The average molecular weight is 374 g/mol. The normalized spacial score (nSPS) is 10.3. The van der Waals surface area contributed by atoms with E-state index in [-0.39, 0.29) is 11.4 Å². The Bertz CT molecular complexity index is 647. The summed E-state index contributed by atoms with van der Waals surface area (Å²) in [7, 11) is 0. The number of carbonyl (C=O) groups is 1. The molecule has 2 aromatic rings. The van der Waals surface area contributed by atoms with E-state index in [2.05, 4.69) is 5.32 Å². The fraction of sp³-hybridized carbons (Fsp3) is 0. The molecular weight excluding hydrogens is 365 g/mol. The molecule has 2 rings (SSSR count). The second kappa shape index (κ2) is 5.52. The smallest absolute Gasteiger partial charge is 0.256 e. The molecule has 3 N–H and O–H groups in total. The molecule has 0 bridgehead atoms. The average Bonchev–Trinajstić information content (AvgIpc) is 2.33. The summed E-state index contributed by atoms with van der Waals surface area (Å²) >= 11 is 1.85. The summed E-state index contributed by atoms with van der Waals surface area (Å²) in [6.45, 7) is 0. The van der Waals surface area contributed by atoms with Crippen molar-refractivity contribution in [1.29, 1.82) is 0 Å². The Morgan fingerprint density at radius 3 is 2.42 bits per heavy atom. The highest BCUT2D eigenvalue weighted by Crippen LogP contribution is 2.21. The van der Waals surface area contributed by atoms with Gasteiger partial charge >= 0.3 is 0 Å². The standard InChI is InChI=1S/C13H9F2IN2O/c14-7-1-3-9(10(16)5-7)13(19)18-12-6-8(15)2-4-11(12)17/h1-6H,17H2,(H,18,19). The van der Waals surface area contributed by atoms with E-state index in [9.17, 15) is 13.6 Å². The summed E-state index contributed by atoms with van der Waals surface area (Å²) in [4.78, 5) is 12.0. The molecule has 0 atom stereocenters. The summed E-state index contributed by atoms with van der Waals surface area (Å²) < 4.78 is 26.5. The molecule has 98 valence electrons. The van der Waals surface area contributed by atoms with Gasteiger partial charge in [0.1, 0.15) is 11.6 Å². The van der Waals surface area contributed by atoms with Crippen LogP contribution >= 0.6 is 22.6 Å². The molecule has 0 heterocycles. The van der Waals surface area contributed by atoms with E-state index < -0.39 is 17.5 Å². The second-order valence-corrected chi connectivity index (χ2v) is 4.97. The van der Waals surface area contributed by atoms with Crippen LogP contribution in [0.4, 0.5) is 20.2 Å². The fourth-order valence-corrected chi connectivity index (χ4v) is 2.22. The van der Waals surface area contributed by atoms with Crippen LogP contribution in [0.25, 0.3) is 0 Å². The van der Waals surface area contributed by atoms with E-state index in [4.69, 9.17) is 5.73 Å². The maximum atomic E-state index is 13.1. The lowest BCUT2D eigenvalue weighted by Gasteiger charge is -2.09. The highest BCUT2D eigenvalue weighted by molar-refractivity contribution is 14.1. The first kappa shape index (κ1) is 13.7. The van der Waals surface area contributed by atoms with Gasteiger partial charge in [0, 0.05) is 3.57 Å². The first-order chi connectivity index (χ1) is 8.97. The fourth-order valence-electron chi connectivity index (χ4n) is 1.50. The van der Waals surface area contributed by atoms with Gasteiger partial charge in [0.05, 0.1) is 16.9 Å². The molecular formula is C13H9F2IN2O. The third-order valence-corrected chi connectivity index (χ3v) is 3.33. The molecule has 1 amide bonds. The Morgan fingerprint density at radius 2 is 1.74 bits per heavy atom. The van der Waals surface area contributed by atoms with Crippen LogP contribution in [0.5, 0.6) is 0 Å². The predicted octanol–water partition coefficient (Wildman–Crippen LogP) is 3.40. The van der Waals surface area contributed by atoms with Gasteiger partial charge in [-0.15, -0.1) is 0 Å². The molecule has 2 aromatic carbocycles. The van der Waals surface area contributed by atoms with E-state index in [0.717, 1.165) is 6.07 Å². The van der Waals surface area contributed by atoms with Crippen molar-refractivity contribution < 1.29 is 13.6 Å². The Balaban J connectivity index is 2.28. The van der Waals surface area contributed by atoms with Gasteiger partial charge in [0.2, 0.25) is 0 Å². The molecule has 0 aliphatic carbocycles. The Kier molecular flexibility index (Phi) is 3.98. The molecule has 0 aliphatic rings. The minimum Gasteiger partial charge on any atom is -0.397 e. The number of rotatable bonds is 2. The number of amides is 1. The van der Waals surface area contributed by atoms with Crippen molar-refractivity contribution >= 4 is 39.9 Å². The lowest BCUT2D eigenvalue weighted by Crippen LogP contribution is -2.14. The number of halogens is 3. The van der Waals surface area contributed by atoms with Crippen LogP contribution in [0.3, 0.4) is 0 Å². The number of hydrogen-bond donors (Lipinski definition) is 2. The van der Waals surface area contributed by atoms with Gasteiger partial charge in [-0.2, -0.15) is 0 Å². The van der Waals surface area contributed by atoms with Crippen molar-refractivity contribution in [2.24, 2.45) is 0 Å². The molecule has 0 aliphatic heterocycles. The zero-order chi connectivity index (χ0) is 14.0. The van der Waals surface area contributed by atoms with E-state index in [0.29, 0.717) is 9.13 Å². The Labute approximate surface area is 121 Å². The minimum atomic E-state index is -0.502. The molecule has 0 aromatic heterocycles. The molecule has 0 saturated carbocycles. The third-order valence-electron chi connectivity index (χ3n) is 2.44. The van der Waals surface area contributed by atoms with Crippen LogP contribution in [-0.4, -0.2) is 5.91 Å². The highest BCUT2D eigenvalue weighted by atomic mass is 127. The van der Waals surface area contributed by atoms with Crippen molar-refractivity contribution in [1.82, 2.24) is 0 Å². The van der Waals surface area contributed by atoms with Gasteiger partial charge in [-0.1, -0.05) is 0 Å². The number of benzene rings is 2. The summed E-state index contributed by atoms with van der Waals surface area (Å²) in [5, 5.41) is 2.50. The van der Waals surface area contributed by atoms with Gasteiger partial charge < -0.3 is 11.1 Å². The maximum Gasteiger partial charge on any atom is 0.256 e. The van der Waals surface area contributed by atoms with Crippen LogP contribution in [-0.2, 0) is 0 Å². The molecule has 0 fully saturated rings. The van der Waals surface area contributed by atoms with Gasteiger partial charge in [0.25, 0.3) is 5.91 Å². The number of nitrogens with two attached hydrogens (primary N) is 1. The van der Waals surface area contributed by atoms with Crippen LogP contribution in [0, 0.1) is 15.2 Å². The van der Waals surface area contributed by atoms with Gasteiger partial charge in [-0.05, 0) is 59.0 Å². The SMILES string of the molecule is Nc1ccc(F)cc1NC(=O)c1ccc(F)cc1I. The van der Waals surface area contributed by atoms with Crippen molar-refractivity contribution in [2.75, 3.05) is 11.1 Å². The topological polar surface area (TPSA) is 55.1 Å². The zero-order valence-corrected chi connectivity index (χ0v) is 11.7. The molecule has 0 radical (unpaired) electrons. The number of hydrogen-bond acceptors (Lipinski definition) is 2. The van der Waals surface area contributed by atoms with Crippen molar-refractivity contribution in [3.8, 4) is 0 Å². The highest BCUT2D eigenvalue weighted by Gasteiger charge is 2.12. The van der Waals surface area contributed by atoms with E-state index in [1.165, 1.54) is 30.3 Å². The van der Waals surface area contributed by atoms with Gasteiger partial charge in [0.15, 0.2) is 0 Å². The number of anilines is 2. The first-order valence-electron chi connectivity index (χ1n) is 5.29. The van der Waals surface area contributed by atoms with E-state index in [1.807, 2.05) is 22.6 Å². The number of nitrogen functional groups attached to an aromatic ring is 1. The quantitative estimate of drug-likeness (QED) is 0.626. The first-order valence-corrected chi connectivity index (χ1v) is 6.36. The largest absolute Gasteiger partial charge is 0.397 e. The molecule has 6 heteroatoms. The molecule has 0 unspecified atom stereocenters. The summed E-state index contributed by atoms with van der Waals surface area (Å²) in [5.41, 5.74) is 6.37. The predicted molar refractivity (Wildman–Crippen MR) is 77.9 cm³/mol. The summed E-state index contributed by atoms with van der Waals surface area (Å²) in [6.07, 6.45) is 0. The zero-order valence-electron chi connectivity index (χ0n) is 9.58. The minimum absolute atomic E-state index is 0.185. The lowest BCUT2D eigenvalue weighted by molar-refractivity contribution is 0.102. The molecule has 3 nitrogen and oxygen atoms in total. The molecule has 0 spiro atoms. The molecule has 19 heavy (non-hydrogen) atoms. The number of carbonyl (C=O) groups excluding carboxylic acids is 1. The van der Waals surface area contributed by atoms with Crippen LogP contribution in [0.2, 0.25) is 0 Å². The Hall–Kier alpha value is -1.70. The monoisotopic (exact) mass is 374 g/mol. The van der Waals surface area contributed by atoms with Gasteiger partial charge in [-0.25, -0.2) is 8.78 Å². The van der Waals surface area contributed by atoms with Crippen molar-refractivity contribution in [3.05, 3.63) is 57.2 Å². The number of nitrogens with one attached hydrogen (secondary N) is 1. The summed E-state index contributed by atoms with van der Waals surface area (Å²) in [6, 6.07) is 7.48. The molecule has 0 saturated heterocycles. The van der Waals surface area contributed by atoms with E-state index >= 15 is 0 Å².